The molecule has 3 heterocycles. The minimum Gasteiger partial charge on any atom is -0.456 e. The van der Waals surface area contributed by atoms with Gasteiger partial charge in [-0.15, -0.1) is 0 Å². The Morgan fingerprint density at radius 2 is 1.27 bits per heavy atom. The number of aromatic nitrogens is 1. The Hall–Kier alpha value is -4.37. The fraction of sp³-hybridized carbons (Fsp3) is 0.147. The van der Waals surface area contributed by atoms with Gasteiger partial charge in [-0.1, -0.05) is 79.6 Å². The van der Waals surface area contributed by atoms with Gasteiger partial charge in [0.1, 0.15) is 22.3 Å². The second-order valence-corrected chi connectivity index (χ2v) is 10.2. The third kappa shape index (κ3) is 3.10. The summed E-state index contributed by atoms with van der Waals surface area (Å²) in [4.78, 5) is 4.74. The lowest BCUT2D eigenvalue weighted by atomic mass is 9.84. The Morgan fingerprint density at radius 3 is 2.03 bits per heavy atom. The van der Waals surface area contributed by atoms with Crippen LogP contribution >= 0.6 is 0 Å². The van der Waals surface area contributed by atoms with Gasteiger partial charge in [0.2, 0.25) is 0 Å². The lowest BCUT2D eigenvalue weighted by Gasteiger charge is -2.18. The molecule has 3 aromatic heterocycles. The molecule has 1 saturated carbocycles. The predicted molar refractivity (Wildman–Crippen MR) is 151 cm³/mol. The molecule has 3 heteroatoms. The molecule has 7 aromatic rings. The number of hydrogen-bond acceptors (Lipinski definition) is 3. The van der Waals surface area contributed by atoms with Crippen molar-refractivity contribution in [2.24, 2.45) is 0 Å². The van der Waals surface area contributed by atoms with Crippen LogP contribution in [0.5, 0.6) is 0 Å². The second kappa shape index (κ2) is 8.07. The Labute approximate surface area is 214 Å². The van der Waals surface area contributed by atoms with Gasteiger partial charge < -0.3 is 8.83 Å². The molecule has 0 aliphatic heterocycles. The van der Waals surface area contributed by atoms with E-state index >= 15 is 0 Å². The molecule has 1 aliphatic carbocycles. The highest BCUT2D eigenvalue weighted by molar-refractivity contribution is 6.27. The summed E-state index contributed by atoms with van der Waals surface area (Å²) in [5.74, 6) is 0.449. The van der Waals surface area contributed by atoms with Crippen LogP contribution < -0.4 is 0 Å². The third-order valence-corrected chi connectivity index (χ3v) is 8.06. The molecule has 178 valence electrons. The molecule has 0 spiro atoms. The van der Waals surface area contributed by atoms with Crippen molar-refractivity contribution in [3.63, 3.8) is 0 Å². The zero-order valence-corrected chi connectivity index (χ0v) is 20.4. The average molecular weight is 480 g/mol. The van der Waals surface area contributed by atoms with Crippen molar-refractivity contribution in [3.05, 3.63) is 103 Å². The van der Waals surface area contributed by atoms with Crippen molar-refractivity contribution in [3.8, 4) is 22.4 Å². The second-order valence-electron chi connectivity index (χ2n) is 10.2. The zero-order valence-electron chi connectivity index (χ0n) is 20.4. The molecule has 0 unspecified atom stereocenters. The molecule has 0 saturated heterocycles. The van der Waals surface area contributed by atoms with Crippen LogP contribution in [0.1, 0.15) is 37.2 Å². The van der Waals surface area contributed by atoms with Crippen molar-refractivity contribution in [1.82, 2.24) is 4.98 Å². The Bertz CT molecular complexity index is 1940. The van der Waals surface area contributed by atoms with Crippen LogP contribution in [0.4, 0.5) is 0 Å². The molecule has 8 rings (SSSR count). The van der Waals surface area contributed by atoms with E-state index in [0.717, 1.165) is 55.3 Å². The molecular formula is C34H25NO2. The maximum atomic E-state index is 6.70. The van der Waals surface area contributed by atoms with E-state index in [1.54, 1.807) is 0 Å². The normalized spacial score (nSPS) is 14.5. The van der Waals surface area contributed by atoms with Crippen molar-refractivity contribution in [2.45, 2.75) is 31.6 Å². The van der Waals surface area contributed by atoms with Crippen molar-refractivity contribution in [2.75, 3.05) is 0 Å². The lowest BCUT2D eigenvalue weighted by molar-refractivity contribution is 0.641. The molecule has 1 fully saturated rings. The molecule has 0 amide bonds. The number of furan rings is 2. The first-order chi connectivity index (χ1) is 18.4. The number of rotatable bonds is 3. The monoisotopic (exact) mass is 479 g/mol. The summed E-state index contributed by atoms with van der Waals surface area (Å²) in [5.41, 5.74) is 9.52. The standard InChI is InChI=1S/C34H25NO2/c1-2-10-21(11-3-1)26-20-23(18-19-35-26)29-30(22-12-4-5-13-22)33-32(25-15-7-9-17-28(25)36-33)34-31(29)24-14-6-8-16-27(24)37-34/h1-3,6-11,14-20,22H,4-5,12-13H2. The molecule has 0 N–H and O–H groups in total. The highest BCUT2D eigenvalue weighted by Crippen LogP contribution is 2.52. The topological polar surface area (TPSA) is 39.2 Å². The molecule has 0 bridgehead atoms. The van der Waals surface area contributed by atoms with Gasteiger partial charge in [-0.2, -0.15) is 0 Å². The molecule has 4 aromatic carbocycles. The first-order valence-electron chi connectivity index (χ1n) is 13.2. The van der Waals surface area contributed by atoms with Crippen LogP contribution in [-0.4, -0.2) is 4.98 Å². The van der Waals surface area contributed by atoms with Gasteiger partial charge in [-0.25, -0.2) is 0 Å². The van der Waals surface area contributed by atoms with E-state index in [1.807, 2.05) is 24.4 Å². The van der Waals surface area contributed by atoms with Crippen LogP contribution in [0.15, 0.2) is 106 Å². The van der Waals surface area contributed by atoms with Gasteiger partial charge in [-0.05, 0) is 48.6 Å². The minimum absolute atomic E-state index is 0.449. The SMILES string of the molecule is c1ccc(-c2cc(-c3c(C4CCCC4)c4oc5ccccc5c4c4oc5ccccc5c34)ccn2)cc1. The largest absolute Gasteiger partial charge is 0.456 e. The fourth-order valence-corrected chi connectivity index (χ4v) is 6.44. The summed E-state index contributed by atoms with van der Waals surface area (Å²) < 4.78 is 13.4. The first kappa shape index (κ1) is 20.8. The summed E-state index contributed by atoms with van der Waals surface area (Å²) in [6.45, 7) is 0. The van der Waals surface area contributed by atoms with Crippen molar-refractivity contribution in [1.29, 1.82) is 0 Å². The Balaban J connectivity index is 1.57. The molecular weight excluding hydrogens is 454 g/mol. The minimum atomic E-state index is 0.449. The Kier molecular flexibility index (Phi) is 4.54. The summed E-state index contributed by atoms with van der Waals surface area (Å²) >= 11 is 0. The van der Waals surface area contributed by atoms with Gasteiger partial charge >= 0.3 is 0 Å². The summed E-state index contributed by atoms with van der Waals surface area (Å²) in [7, 11) is 0. The summed E-state index contributed by atoms with van der Waals surface area (Å²) in [6.07, 6.45) is 6.80. The van der Waals surface area contributed by atoms with Crippen molar-refractivity contribution >= 4 is 43.9 Å². The highest BCUT2D eigenvalue weighted by atomic mass is 16.3. The number of fused-ring (bicyclic) bond motifs is 7. The molecule has 1 aliphatic rings. The van der Waals surface area contributed by atoms with E-state index in [0.29, 0.717) is 5.92 Å². The maximum absolute atomic E-state index is 6.70. The van der Waals surface area contributed by atoms with Crippen LogP contribution in [0.3, 0.4) is 0 Å². The van der Waals surface area contributed by atoms with Gasteiger partial charge in [0, 0.05) is 39.0 Å². The maximum Gasteiger partial charge on any atom is 0.147 e. The number of hydrogen-bond donors (Lipinski definition) is 0. The average Bonchev–Trinajstić information content (AvgIpc) is 3.70. The van der Waals surface area contributed by atoms with Crippen LogP contribution in [0.25, 0.3) is 66.3 Å². The smallest absolute Gasteiger partial charge is 0.147 e. The number of pyridine rings is 1. The number of nitrogens with zero attached hydrogens (tertiary/aromatic N) is 1. The quantitative estimate of drug-likeness (QED) is 0.253. The van der Waals surface area contributed by atoms with Gasteiger partial charge in [0.15, 0.2) is 0 Å². The fourth-order valence-electron chi connectivity index (χ4n) is 6.44. The van der Waals surface area contributed by atoms with E-state index in [4.69, 9.17) is 13.8 Å². The molecule has 0 radical (unpaired) electrons. The van der Waals surface area contributed by atoms with Crippen LogP contribution in [0.2, 0.25) is 0 Å². The number of para-hydroxylation sites is 2. The van der Waals surface area contributed by atoms with E-state index in [2.05, 4.69) is 72.8 Å². The van der Waals surface area contributed by atoms with Gasteiger partial charge in [0.25, 0.3) is 0 Å². The Morgan fingerprint density at radius 1 is 0.622 bits per heavy atom. The zero-order chi connectivity index (χ0) is 24.3. The van der Waals surface area contributed by atoms with E-state index in [-0.39, 0.29) is 0 Å². The molecule has 0 atom stereocenters. The lowest BCUT2D eigenvalue weighted by Crippen LogP contribution is -1.99. The predicted octanol–water partition coefficient (Wildman–Crippen LogP) is 9.87. The van der Waals surface area contributed by atoms with E-state index in [9.17, 15) is 0 Å². The van der Waals surface area contributed by atoms with Crippen LogP contribution in [0, 0.1) is 0 Å². The number of benzene rings is 4. The molecule has 3 nitrogen and oxygen atoms in total. The summed E-state index contributed by atoms with van der Waals surface area (Å²) in [6, 6.07) is 31.6. The van der Waals surface area contributed by atoms with Crippen LogP contribution in [-0.2, 0) is 0 Å². The third-order valence-electron chi connectivity index (χ3n) is 8.06. The van der Waals surface area contributed by atoms with Gasteiger partial charge in [0.05, 0.1) is 11.1 Å². The van der Waals surface area contributed by atoms with Crippen molar-refractivity contribution < 1.29 is 8.83 Å². The first-order valence-corrected chi connectivity index (χ1v) is 13.2. The molecule has 37 heavy (non-hydrogen) atoms. The van der Waals surface area contributed by atoms with E-state index < -0.39 is 0 Å². The van der Waals surface area contributed by atoms with Gasteiger partial charge in [-0.3, -0.25) is 4.98 Å². The van der Waals surface area contributed by atoms with E-state index in [1.165, 1.54) is 42.2 Å². The highest BCUT2D eigenvalue weighted by Gasteiger charge is 2.31. The summed E-state index contributed by atoms with van der Waals surface area (Å²) in [5, 5.41) is 4.55.